The number of aliphatic imine (C=N–C) groups is 1. The van der Waals surface area contributed by atoms with Gasteiger partial charge in [0.05, 0.1) is 12.6 Å². The van der Waals surface area contributed by atoms with Crippen molar-refractivity contribution in [2.24, 2.45) is 10.7 Å². The molecule has 0 aliphatic carbocycles. The summed E-state index contributed by atoms with van der Waals surface area (Å²) in [6.45, 7) is 1.35. The SMILES string of the molecule is CN(C)C(CNC(N)=NCc1ccccc1)c1cccs1. The van der Waals surface area contributed by atoms with Gasteiger partial charge in [-0.05, 0) is 31.1 Å². The molecule has 0 spiro atoms. The molecule has 0 saturated carbocycles. The first-order valence-corrected chi connectivity index (χ1v) is 7.82. The van der Waals surface area contributed by atoms with Crippen LogP contribution in [0.25, 0.3) is 0 Å². The smallest absolute Gasteiger partial charge is 0.188 e. The van der Waals surface area contributed by atoms with Crippen LogP contribution >= 0.6 is 11.3 Å². The summed E-state index contributed by atoms with van der Waals surface area (Å²) >= 11 is 1.76. The molecule has 112 valence electrons. The van der Waals surface area contributed by atoms with Crippen molar-refractivity contribution in [3.05, 3.63) is 58.3 Å². The Morgan fingerprint density at radius 1 is 1.24 bits per heavy atom. The molecule has 3 N–H and O–H groups in total. The number of hydrogen-bond acceptors (Lipinski definition) is 3. The Morgan fingerprint density at radius 2 is 2.00 bits per heavy atom. The van der Waals surface area contributed by atoms with E-state index in [9.17, 15) is 0 Å². The first-order chi connectivity index (χ1) is 10.2. The van der Waals surface area contributed by atoms with E-state index in [0.29, 0.717) is 18.5 Å². The van der Waals surface area contributed by atoms with Crippen LogP contribution in [0.2, 0.25) is 0 Å². The number of hydrogen-bond donors (Lipinski definition) is 2. The standard InChI is InChI=1S/C16H22N4S/c1-20(2)14(15-9-6-10-21-15)12-19-16(17)18-11-13-7-4-3-5-8-13/h3-10,14H,11-12H2,1-2H3,(H3,17,18,19). The number of thiophene rings is 1. The molecule has 0 amide bonds. The molecule has 0 bridgehead atoms. The highest BCUT2D eigenvalue weighted by Crippen LogP contribution is 2.22. The van der Waals surface area contributed by atoms with Gasteiger partial charge in [0.25, 0.3) is 0 Å². The number of rotatable bonds is 6. The van der Waals surface area contributed by atoms with Gasteiger partial charge in [0.1, 0.15) is 0 Å². The fraction of sp³-hybridized carbons (Fsp3) is 0.312. The summed E-state index contributed by atoms with van der Waals surface area (Å²) in [6, 6.07) is 14.6. The second-order valence-electron chi connectivity index (χ2n) is 5.06. The molecule has 4 nitrogen and oxygen atoms in total. The molecule has 0 fully saturated rings. The summed E-state index contributed by atoms with van der Waals surface area (Å²) in [5.41, 5.74) is 7.10. The Bertz CT molecular complexity index is 549. The zero-order valence-electron chi connectivity index (χ0n) is 12.5. The summed E-state index contributed by atoms with van der Waals surface area (Å²) in [4.78, 5) is 7.88. The lowest BCUT2D eigenvalue weighted by Crippen LogP contribution is -2.38. The molecule has 2 aromatic rings. The Balaban J connectivity index is 1.88. The summed E-state index contributed by atoms with van der Waals surface area (Å²) in [7, 11) is 4.15. The highest BCUT2D eigenvalue weighted by Gasteiger charge is 2.14. The predicted molar refractivity (Wildman–Crippen MR) is 90.5 cm³/mol. The number of nitrogens with one attached hydrogen (secondary N) is 1. The molecule has 1 aromatic carbocycles. The predicted octanol–water partition coefficient (Wildman–Crippen LogP) is 2.46. The van der Waals surface area contributed by atoms with Crippen molar-refractivity contribution in [3.8, 4) is 0 Å². The van der Waals surface area contributed by atoms with Crippen LogP contribution in [0.1, 0.15) is 16.5 Å². The van der Waals surface area contributed by atoms with E-state index in [1.807, 2.05) is 30.3 Å². The third-order valence-corrected chi connectivity index (χ3v) is 4.22. The topological polar surface area (TPSA) is 53.6 Å². The maximum Gasteiger partial charge on any atom is 0.188 e. The van der Waals surface area contributed by atoms with Gasteiger partial charge in [-0.2, -0.15) is 0 Å². The minimum atomic E-state index is 0.301. The third kappa shape index (κ3) is 4.88. The van der Waals surface area contributed by atoms with Crippen molar-refractivity contribution in [3.63, 3.8) is 0 Å². The number of nitrogens with two attached hydrogens (primary N) is 1. The van der Waals surface area contributed by atoms with Crippen LogP contribution in [-0.4, -0.2) is 31.5 Å². The Labute approximate surface area is 130 Å². The van der Waals surface area contributed by atoms with E-state index >= 15 is 0 Å². The zero-order chi connectivity index (χ0) is 15.1. The van der Waals surface area contributed by atoms with E-state index in [-0.39, 0.29) is 0 Å². The fourth-order valence-electron chi connectivity index (χ4n) is 2.04. The van der Waals surface area contributed by atoms with E-state index in [2.05, 4.69) is 46.8 Å². The minimum Gasteiger partial charge on any atom is -0.370 e. The first kappa shape index (κ1) is 15.5. The van der Waals surface area contributed by atoms with Crippen LogP contribution < -0.4 is 11.1 Å². The van der Waals surface area contributed by atoms with Gasteiger partial charge in [0, 0.05) is 11.4 Å². The molecule has 1 aromatic heterocycles. The van der Waals surface area contributed by atoms with Crippen LogP contribution in [0.5, 0.6) is 0 Å². The van der Waals surface area contributed by atoms with Crippen molar-refractivity contribution >= 4 is 17.3 Å². The van der Waals surface area contributed by atoms with Crippen LogP contribution in [0, 0.1) is 0 Å². The molecular formula is C16H22N4S. The normalized spacial score (nSPS) is 13.4. The zero-order valence-corrected chi connectivity index (χ0v) is 13.3. The summed E-state index contributed by atoms with van der Waals surface area (Å²) in [5.74, 6) is 0.488. The van der Waals surface area contributed by atoms with Gasteiger partial charge in [-0.3, -0.25) is 0 Å². The molecular weight excluding hydrogens is 280 g/mol. The fourth-order valence-corrected chi connectivity index (χ4v) is 2.96. The van der Waals surface area contributed by atoms with E-state index < -0.39 is 0 Å². The van der Waals surface area contributed by atoms with Crippen molar-refractivity contribution in [1.82, 2.24) is 10.2 Å². The second-order valence-corrected chi connectivity index (χ2v) is 6.04. The molecule has 2 rings (SSSR count). The summed E-state index contributed by atoms with van der Waals surface area (Å²) in [5, 5.41) is 5.31. The highest BCUT2D eigenvalue weighted by atomic mass is 32.1. The number of benzene rings is 1. The maximum atomic E-state index is 5.95. The first-order valence-electron chi connectivity index (χ1n) is 6.94. The molecule has 0 aliphatic heterocycles. The average Bonchev–Trinajstić information content (AvgIpc) is 3.00. The van der Waals surface area contributed by atoms with Crippen LogP contribution in [0.3, 0.4) is 0 Å². The molecule has 1 unspecified atom stereocenters. The van der Waals surface area contributed by atoms with E-state index in [4.69, 9.17) is 5.73 Å². The van der Waals surface area contributed by atoms with Crippen molar-refractivity contribution in [1.29, 1.82) is 0 Å². The molecule has 1 atom stereocenters. The van der Waals surface area contributed by atoms with Crippen LogP contribution in [-0.2, 0) is 6.54 Å². The van der Waals surface area contributed by atoms with E-state index in [1.165, 1.54) is 4.88 Å². The van der Waals surface area contributed by atoms with Gasteiger partial charge in [0.2, 0.25) is 0 Å². The minimum absolute atomic E-state index is 0.301. The van der Waals surface area contributed by atoms with Gasteiger partial charge in [-0.1, -0.05) is 36.4 Å². The van der Waals surface area contributed by atoms with Gasteiger partial charge in [-0.15, -0.1) is 11.3 Å². The molecule has 0 saturated heterocycles. The maximum absolute atomic E-state index is 5.95. The largest absolute Gasteiger partial charge is 0.370 e. The van der Waals surface area contributed by atoms with Crippen molar-refractivity contribution < 1.29 is 0 Å². The summed E-state index contributed by atoms with van der Waals surface area (Å²) in [6.07, 6.45) is 0. The lowest BCUT2D eigenvalue weighted by atomic mass is 10.2. The van der Waals surface area contributed by atoms with Crippen molar-refractivity contribution in [2.45, 2.75) is 12.6 Å². The molecule has 0 radical (unpaired) electrons. The van der Waals surface area contributed by atoms with Gasteiger partial charge >= 0.3 is 0 Å². The van der Waals surface area contributed by atoms with Gasteiger partial charge in [0.15, 0.2) is 5.96 Å². The monoisotopic (exact) mass is 302 g/mol. The van der Waals surface area contributed by atoms with Gasteiger partial charge < -0.3 is 16.0 Å². The lowest BCUT2D eigenvalue weighted by Gasteiger charge is -2.23. The van der Waals surface area contributed by atoms with E-state index in [1.54, 1.807) is 11.3 Å². The lowest BCUT2D eigenvalue weighted by molar-refractivity contribution is 0.303. The Kier molecular flexibility index (Phi) is 5.78. The Hall–Kier alpha value is -1.85. The molecule has 5 heteroatoms. The number of likely N-dealkylation sites (N-methyl/N-ethyl adjacent to an activating group) is 1. The van der Waals surface area contributed by atoms with Crippen LogP contribution in [0.15, 0.2) is 52.8 Å². The molecule has 21 heavy (non-hydrogen) atoms. The second kappa shape index (κ2) is 7.81. The third-order valence-electron chi connectivity index (χ3n) is 3.25. The highest BCUT2D eigenvalue weighted by molar-refractivity contribution is 7.10. The molecule has 1 heterocycles. The van der Waals surface area contributed by atoms with Crippen molar-refractivity contribution in [2.75, 3.05) is 20.6 Å². The average molecular weight is 302 g/mol. The number of nitrogens with zero attached hydrogens (tertiary/aromatic N) is 2. The van der Waals surface area contributed by atoms with E-state index in [0.717, 1.165) is 12.1 Å². The van der Waals surface area contributed by atoms with Crippen LogP contribution in [0.4, 0.5) is 0 Å². The Morgan fingerprint density at radius 3 is 2.62 bits per heavy atom. The quantitative estimate of drug-likeness (QED) is 0.636. The molecule has 0 aliphatic rings. The van der Waals surface area contributed by atoms with Gasteiger partial charge in [-0.25, -0.2) is 4.99 Å². The summed E-state index contributed by atoms with van der Waals surface area (Å²) < 4.78 is 0. The number of guanidine groups is 1.